The maximum absolute atomic E-state index is 8.97. The molecule has 1 saturated heterocycles. The lowest BCUT2D eigenvalue weighted by molar-refractivity contribution is -0.0334. The first-order chi connectivity index (χ1) is 5.00. The average molecular weight is 222 g/mol. The van der Waals surface area contributed by atoms with Crippen molar-refractivity contribution in [1.29, 1.82) is 0 Å². The van der Waals surface area contributed by atoms with Gasteiger partial charge in [0, 0.05) is 0 Å². The number of hydrogen-bond acceptors (Lipinski definition) is 4. The Kier molecular flexibility index (Phi) is 9.38. The van der Waals surface area contributed by atoms with Crippen molar-refractivity contribution >= 4 is 22.7 Å². The summed E-state index contributed by atoms with van der Waals surface area (Å²) in [6.45, 7) is 3.11. The van der Waals surface area contributed by atoms with Gasteiger partial charge in [-0.05, 0) is 0 Å². The van der Waals surface area contributed by atoms with Crippen LogP contribution in [0.4, 0.5) is 0 Å². The Morgan fingerprint density at radius 1 is 1.08 bits per heavy atom. The van der Waals surface area contributed by atoms with E-state index >= 15 is 0 Å². The maximum Gasteiger partial charge on any atom is 0.330 e. The number of halogens is 1. The van der Waals surface area contributed by atoms with Crippen molar-refractivity contribution in [2.45, 2.75) is 0 Å². The van der Waals surface area contributed by atoms with E-state index in [1.807, 2.05) is 0 Å². The number of hydrogen-bond donors (Lipinski definition) is 2. The molecule has 1 aliphatic rings. The Morgan fingerprint density at radius 3 is 1.33 bits per heavy atom. The summed E-state index contributed by atoms with van der Waals surface area (Å²) in [4.78, 5) is 0. The van der Waals surface area contributed by atoms with Gasteiger partial charge in [-0.15, -0.1) is 12.4 Å². The number of nitrogens with two attached hydrogens (primary N) is 1. The van der Waals surface area contributed by atoms with Gasteiger partial charge in [-0.2, -0.15) is 8.42 Å². The highest BCUT2D eigenvalue weighted by Gasteiger charge is 1.94. The quantitative estimate of drug-likeness (QED) is 0.522. The number of ether oxygens (including phenoxy) is 2. The SMILES string of the molecule is C1COCCO1.Cl.NS(=O)(=O)O. The topological polar surface area (TPSA) is 98.9 Å². The normalized spacial score (nSPS) is 16.8. The van der Waals surface area contributed by atoms with Crippen molar-refractivity contribution in [3.63, 3.8) is 0 Å². The van der Waals surface area contributed by atoms with E-state index in [9.17, 15) is 0 Å². The molecule has 0 radical (unpaired) electrons. The van der Waals surface area contributed by atoms with Crippen LogP contribution in [0.15, 0.2) is 0 Å². The van der Waals surface area contributed by atoms with E-state index in [4.69, 9.17) is 22.4 Å². The first kappa shape index (κ1) is 14.6. The summed E-state index contributed by atoms with van der Waals surface area (Å²) < 4.78 is 35.1. The third-order valence-electron chi connectivity index (χ3n) is 0.744. The minimum absolute atomic E-state index is 0. The van der Waals surface area contributed by atoms with E-state index in [-0.39, 0.29) is 12.4 Å². The monoisotopic (exact) mass is 221 g/mol. The smallest absolute Gasteiger partial charge is 0.330 e. The van der Waals surface area contributed by atoms with E-state index in [1.165, 1.54) is 0 Å². The second-order valence-electron chi connectivity index (χ2n) is 1.74. The van der Waals surface area contributed by atoms with Gasteiger partial charge < -0.3 is 9.47 Å². The van der Waals surface area contributed by atoms with Gasteiger partial charge in [-0.25, -0.2) is 5.14 Å². The van der Waals surface area contributed by atoms with Gasteiger partial charge in [0.25, 0.3) is 0 Å². The minimum Gasteiger partial charge on any atom is -0.377 e. The van der Waals surface area contributed by atoms with Gasteiger partial charge in [0.05, 0.1) is 26.4 Å². The maximum atomic E-state index is 8.97. The second kappa shape index (κ2) is 7.71. The molecule has 0 unspecified atom stereocenters. The molecule has 12 heavy (non-hydrogen) atoms. The van der Waals surface area contributed by atoms with Crippen LogP contribution >= 0.6 is 12.4 Å². The molecule has 6 nitrogen and oxygen atoms in total. The fraction of sp³-hybridized carbons (Fsp3) is 1.00. The first-order valence-electron chi connectivity index (χ1n) is 2.91. The van der Waals surface area contributed by atoms with Crippen LogP contribution < -0.4 is 5.14 Å². The molecule has 76 valence electrons. The fourth-order valence-electron chi connectivity index (χ4n) is 0.440. The van der Waals surface area contributed by atoms with Gasteiger partial charge in [-0.1, -0.05) is 0 Å². The molecule has 0 aromatic heterocycles. The molecule has 3 N–H and O–H groups in total. The van der Waals surface area contributed by atoms with Gasteiger partial charge in [0.2, 0.25) is 0 Å². The standard InChI is InChI=1S/C4H8O2.ClH.H3NO3S/c1-2-6-4-3-5-1;;1-5(2,3)4/h1-4H2;1H;(H3,1,2,3,4). The lowest BCUT2D eigenvalue weighted by atomic mass is 10.6. The van der Waals surface area contributed by atoms with Gasteiger partial charge >= 0.3 is 10.3 Å². The summed E-state index contributed by atoms with van der Waals surface area (Å²) in [6, 6.07) is 0. The van der Waals surface area contributed by atoms with E-state index in [1.54, 1.807) is 0 Å². The predicted octanol–water partition coefficient (Wildman–Crippen LogP) is -0.797. The van der Waals surface area contributed by atoms with Crippen molar-refractivity contribution in [3.05, 3.63) is 0 Å². The average Bonchev–Trinajstić information content (AvgIpc) is 1.88. The van der Waals surface area contributed by atoms with Crippen molar-refractivity contribution in [1.82, 2.24) is 0 Å². The zero-order valence-electron chi connectivity index (χ0n) is 6.30. The molecule has 1 heterocycles. The third kappa shape index (κ3) is 22.5. The molecule has 0 bridgehead atoms. The summed E-state index contributed by atoms with van der Waals surface area (Å²) in [5, 5.41) is 3.88. The molecule has 8 heteroatoms. The van der Waals surface area contributed by atoms with Crippen molar-refractivity contribution < 1.29 is 22.4 Å². The Labute approximate surface area is 77.3 Å². The van der Waals surface area contributed by atoms with Gasteiger partial charge in [0.1, 0.15) is 0 Å². The Balaban J connectivity index is 0. The molecular weight excluding hydrogens is 210 g/mol. The van der Waals surface area contributed by atoms with Crippen LogP contribution in [0.5, 0.6) is 0 Å². The van der Waals surface area contributed by atoms with Gasteiger partial charge in [0.15, 0.2) is 0 Å². The molecule has 1 fully saturated rings. The Bertz CT molecular complexity index is 158. The van der Waals surface area contributed by atoms with Crippen LogP contribution in [0.1, 0.15) is 0 Å². The summed E-state index contributed by atoms with van der Waals surface area (Å²) in [7, 11) is -4.17. The molecule has 1 aliphatic heterocycles. The summed E-state index contributed by atoms with van der Waals surface area (Å²) in [6.07, 6.45) is 0. The first-order valence-corrected chi connectivity index (χ1v) is 4.41. The lowest BCUT2D eigenvalue weighted by Crippen LogP contribution is -2.16. The van der Waals surface area contributed by atoms with Crippen LogP contribution in [0, 0.1) is 0 Å². The minimum atomic E-state index is -4.17. The van der Waals surface area contributed by atoms with Crippen LogP contribution in [0.25, 0.3) is 0 Å². The van der Waals surface area contributed by atoms with E-state index in [0.29, 0.717) is 0 Å². The van der Waals surface area contributed by atoms with Gasteiger partial charge in [-0.3, -0.25) is 4.55 Å². The molecule has 0 aliphatic carbocycles. The van der Waals surface area contributed by atoms with Crippen LogP contribution in [0.2, 0.25) is 0 Å². The van der Waals surface area contributed by atoms with E-state index in [0.717, 1.165) is 26.4 Å². The molecule has 0 atom stereocenters. The van der Waals surface area contributed by atoms with Crippen molar-refractivity contribution in [2.75, 3.05) is 26.4 Å². The molecule has 0 saturated carbocycles. The molecule has 0 aromatic carbocycles. The lowest BCUT2D eigenvalue weighted by Gasteiger charge is -2.09. The molecule has 0 amide bonds. The zero-order chi connectivity index (χ0) is 8.74. The van der Waals surface area contributed by atoms with Crippen molar-refractivity contribution in [2.24, 2.45) is 5.14 Å². The van der Waals surface area contributed by atoms with Crippen LogP contribution in [-0.4, -0.2) is 39.4 Å². The van der Waals surface area contributed by atoms with Crippen LogP contribution in [-0.2, 0) is 19.8 Å². The summed E-state index contributed by atoms with van der Waals surface area (Å²) >= 11 is 0. The molecule has 0 aromatic rings. The summed E-state index contributed by atoms with van der Waals surface area (Å²) in [5.74, 6) is 0. The predicted molar refractivity (Wildman–Crippen MR) is 44.6 cm³/mol. The second-order valence-corrected chi connectivity index (χ2v) is 2.77. The third-order valence-corrected chi connectivity index (χ3v) is 0.744. The Hall–Kier alpha value is 0.0800. The largest absolute Gasteiger partial charge is 0.377 e. The van der Waals surface area contributed by atoms with Crippen molar-refractivity contribution in [3.8, 4) is 0 Å². The van der Waals surface area contributed by atoms with E-state index in [2.05, 4.69) is 5.14 Å². The molecule has 0 spiro atoms. The van der Waals surface area contributed by atoms with E-state index < -0.39 is 10.3 Å². The zero-order valence-corrected chi connectivity index (χ0v) is 7.94. The molecular formula is C4H12ClNO5S. The number of rotatable bonds is 0. The fourth-order valence-corrected chi connectivity index (χ4v) is 0.440. The highest BCUT2D eigenvalue weighted by molar-refractivity contribution is 7.83. The summed E-state index contributed by atoms with van der Waals surface area (Å²) in [5.41, 5.74) is 0. The Morgan fingerprint density at radius 2 is 1.25 bits per heavy atom. The molecule has 1 rings (SSSR count). The highest BCUT2D eigenvalue weighted by Crippen LogP contribution is 1.85. The van der Waals surface area contributed by atoms with Crippen LogP contribution in [0.3, 0.4) is 0 Å². The highest BCUT2D eigenvalue weighted by atomic mass is 35.5.